The SMILES string of the molecule is CC(=O)N[C@@H](Cc1cccc(Oc2cccc(C[C@H](NC(=O)[C@@H](N)CC(C)C)C(=O)NCC(F)(F)F)c2)c1)C(=O)O. The van der Waals surface area contributed by atoms with Crippen molar-refractivity contribution in [2.75, 3.05) is 6.54 Å². The summed E-state index contributed by atoms with van der Waals surface area (Å²) in [5, 5.41) is 16.0. The number of carboxylic acid groups (broad SMARTS) is 1. The molecular formula is C28H35F3N4O6. The normalized spacial score (nSPS) is 13.6. The molecular weight excluding hydrogens is 545 g/mol. The second kappa shape index (κ2) is 15.0. The van der Waals surface area contributed by atoms with Gasteiger partial charge in [-0.05, 0) is 47.7 Å². The van der Waals surface area contributed by atoms with Crippen LogP contribution in [0.2, 0.25) is 0 Å². The highest BCUT2D eigenvalue weighted by molar-refractivity contribution is 5.90. The topological polar surface area (TPSA) is 160 Å². The van der Waals surface area contributed by atoms with E-state index in [1.165, 1.54) is 6.92 Å². The summed E-state index contributed by atoms with van der Waals surface area (Å²) in [5.74, 6) is -2.57. The Kier molecular flexibility index (Phi) is 12.1. The highest BCUT2D eigenvalue weighted by Gasteiger charge is 2.31. The van der Waals surface area contributed by atoms with Gasteiger partial charge in [0.1, 0.15) is 30.1 Å². The summed E-state index contributed by atoms with van der Waals surface area (Å²) >= 11 is 0. The van der Waals surface area contributed by atoms with Gasteiger partial charge in [0, 0.05) is 19.8 Å². The molecule has 2 aromatic carbocycles. The Morgan fingerprint density at radius 2 is 1.44 bits per heavy atom. The van der Waals surface area contributed by atoms with Crippen molar-refractivity contribution in [3.8, 4) is 11.5 Å². The maximum Gasteiger partial charge on any atom is 0.405 e. The van der Waals surface area contributed by atoms with Crippen LogP contribution in [-0.4, -0.2) is 59.6 Å². The van der Waals surface area contributed by atoms with Crippen molar-refractivity contribution in [3.05, 3.63) is 59.7 Å². The number of alkyl halides is 3. The molecule has 13 heteroatoms. The number of rotatable bonds is 14. The van der Waals surface area contributed by atoms with Crippen LogP contribution in [0.15, 0.2) is 48.5 Å². The minimum atomic E-state index is -4.63. The lowest BCUT2D eigenvalue weighted by molar-refractivity contribution is -0.141. The number of carbonyl (C=O) groups excluding carboxylic acids is 3. The number of carbonyl (C=O) groups is 4. The molecule has 0 radical (unpaired) electrons. The maximum absolute atomic E-state index is 12.7. The number of halogens is 3. The standard InChI is InChI=1S/C28H35F3N4O6/c1-16(2)10-22(32)25(37)35-23(26(38)33-15-28(29,30)31)13-18-6-4-8-20(11-18)41-21-9-5-7-19(12-21)14-24(27(39)40)34-17(3)36/h4-9,11-12,16,22-24H,10,13-15,32H2,1-3H3,(H,33,38)(H,34,36)(H,35,37)(H,39,40)/t22-,23-,24-/m0/s1. The molecule has 0 aromatic heterocycles. The summed E-state index contributed by atoms with van der Waals surface area (Å²) in [6, 6.07) is 9.58. The Morgan fingerprint density at radius 3 is 1.90 bits per heavy atom. The molecule has 6 N–H and O–H groups in total. The van der Waals surface area contributed by atoms with Crippen LogP contribution in [0.25, 0.3) is 0 Å². The van der Waals surface area contributed by atoms with E-state index in [4.69, 9.17) is 10.5 Å². The van der Waals surface area contributed by atoms with Gasteiger partial charge < -0.3 is 31.5 Å². The Balaban J connectivity index is 2.20. The molecule has 0 aliphatic rings. The maximum atomic E-state index is 12.7. The lowest BCUT2D eigenvalue weighted by Gasteiger charge is -2.22. The lowest BCUT2D eigenvalue weighted by atomic mass is 10.0. The van der Waals surface area contributed by atoms with E-state index in [2.05, 4.69) is 10.6 Å². The highest BCUT2D eigenvalue weighted by Crippen LogP contribution is 2.24. The number of carboxylic acids is 1. The summed E-state index contributed by atoms with van der Waals surface area (Å²) in [5.41, 5.74) is 6.97. The van der Waals surface area contributed by atoms with Crippen LogP contribution in [0, 0.1) is 5.92 Å². The van der Waals surface area contributed by atoms with Gasteiger partial charge in [0.15, 0.2) is 0 Å². The molecule has 3 amide bonds. The Bertz CT molecular complexity index is 1220. The first-order chi connectivity index (χ1) is 19.1. The van der Waals surface area contributed by atoms with Gasteiger partial charge in [-0.3, -0.25) is 14.4 Å². The predicted molar refractivity (Wildman–Crippen MR) is 144 cm³/mol. The van der Waals surface area contributed by atoms with E-state index in [0.29, 0.717) is 29.0 Å². The second-order valence-corrected chi connectivity index (χ2v) is 10.0. The molecule has 0 saturated heterocycles. The van der Waals surface area contributed by atoms with Crippen molar-refractivity contribution in [2.45, 2.75) is 64.3 Å². The van der Waals surface area contributed by atoms with Gasteiger partial charge in [-0.1, -0.05) is 38.1 Å². The molecule has 0 bridgehead atoms. The Hall–Kier alpha value is -4.13. The van der Waals surface area contributed by atoms with Crippen LogP contribution < -0.4 is 26.4 Å². The van der Waals surface area contributed by atoms with Crippen molar-refractivity contribution in [3.63, 3.8) is 0 Å². The van der Waals surface area contributed by atoms with Gasteiger partial charge in [0.2, 0.25) is 17.7 Å². The largest absolute Gasteiger partial charge is 0.480 e. The average Bonchev–Trinajstić information content (AvgIpc) is 2.85. The van der Waals surface area contributed by atoms with E-state index in [0.717, 1.165) is 0 Å². The van der Waals surface area contributed by atoms with E-state index >= 15 is 0 Å². The van der Waals surface area contributed by atoms with E-state index in [9.17, 15) is 37.5 Å². The number of aliphatic carboxylic acids is 1. The molecule has 0 heterocycles. The van der Waals surface area contributed by atoms with Crippen molar-refractivity contribution < 1.29 is 42.2 Å². The molecule has 0 spiro atoms. The molecule has 0 unspecified atom stereocenters. The Morgan fingerprint density at radius 1 is 0.902 bits per heavy atom. The zero-order chi connectivity index (χ0) is 30.7. The van der Waals surface area contributed by atoms with Crippen molar-refractivity contribution >= 4 is 23.7 Å². The van der Waals surface area contributed by atoms with E-state index < -0.39 is 54.5 Å². The fraction of sp³-hybridized carbons (Fsp3) is 0.429. The van der Waals surface area contributed by atoms with Gasteiger partial charge in [0.25, 0.3) is 0 Å². The molecule has 2 rings (SSSR count). The molecule has 0 aliphatic carbocycles. The second-order valence-electron chi connectivity index (χ2n) is 10.0. The monoisotopic (exact) mass is 580 g/mol. The number of amides is 3. The summed E-state index contributed by atoms with van der Waals surface area (Å²) in [7, 11) is 0. The zero-order valence-corrected chi connectivity index (χ0v) is 23.0. The van der Waals surface area contributed by atoms with Crippen LogP contribution in [0.4, 0.5) is 13.2 Å². The van der Waals surface area contributed by atoms with Crippen LogP contribution >= 0.6 is 0 Å². The quantitative estimate of drug-likeness (QED) is 0.230. The fourth-order valence-corrected chi connectivity index (χ4v) is 3.94. The van der Waals surface area contributed by atoms with E-state index in [-0.39, 0.29) is 18.8 Å². The summed E-state index contributed by atoms with van der Waals surface area (Å²) in [6.07, 6.45) is -4.44. The number of nitrogens with two attached hydrogens (primary N) is 1. The third kappa shape index (κ3) is 12.3. The molecule has 224 valence electrons. The van der Waals surface area contributed by atoms with Crippen LogP contribution in [0.3, 0.4) is 0 Å². The molecule has 10 nitrogen and oxygen atoms in total. The van der Waals surface area contributed by atoms with Crippen molar-refractivity contribution in [1.82, 2.24) is 16.0 Å². The van der Waals surface area contributed by atoms with Gasteiger partial charge in [-0.15, -0.1) is 0 Å². The van der Waals surface area contributed by atoms with Gasteiger partial charge in [0.05, 0.1) is 6.04 Å². The third-order valence-electron chi connectivity index (χ3n) is 5.75. The number of ether oxygens (including phenoxy) is 1. The first kappa shape index (κ1) is 33.1. The van der Waals surface area contributed by atoms with Crippen LogP contribution in [-0.2, 0) is 32.0 Å². The average molecular weight is 581 g/mol. The molecule has 2 aromatic rings. The molecule has 3 atom stereocenters. The van der Waals surface area contributed by atoms with Crippen LogP contribution in [0.5, 0.6) is 11.5 Å². The van der Waals surface area contributed by atoms with Crippen LogP contribution in [0.1, 0.15) is 38.3 Å². The molecule has 41 heavy (non-hydrogen) atoms. The number of benzene rings is 2. The minimum Gasteiger partial charge on any atom is -0.480 e. The molecule has 0 aliphatic heterocycles. The fourth-order valence-electron chi connectivity index (χ4n) is 3.94. The zero-order valence-electron chi connectivity index (χ0n) is 23.0. The summed E-state index contributed by atoms with van der Waals surface area (Å²) in [6.45, 7) is 3.38. The van der Waals surface area contributed by atoms with Gasteiger partial charge >= 0.3 is 12.1 Å². The number of hydrogen-bond donors (Lipinski definition) is 5. The predicted octanol–water partition coefficient (Wildman–Crippen LogP) is 2.69. The first-order valence-electron chi connectivity index (χ1n) is 12.9. The highest BCUT2D eigenvalue weighted by atomic mass is 19.4. The van der Waals surface area contributed by atoms with Crippen molar-refractivity contribution in [1.29, 1.82) is 0 Å². The van der Waals surface area contributed by atoms with Gasteiger partial charge in [-0.25, -0.2) is 4.79 Å². The molecule has 0 fully saturated rings. The van der Waals surface area contributed by atoms with E-state index in [1.54, 1.807) is 53.8 Å². The lowest BCUT2D eigenvalue weighted by Crippen LogP contribution is -2.53. The summed E-state index contributed by atoms with van der Waals surface area (Å²) in [4.78, 5) is 48.0. The third-order valence-corrected chi connectivity index (χ3v) is 5.75. The number of hydrogen-bond acceptors (Lipinski definition) is 6. The minimum absolute atomic E-state index is 0.0134. The first-order valence-corrected chi connectivity index (χ1v) is 12.9. The smallest absolute Gasteiger partial charge is 0.405 e. The Labute approximate surface area is 235 Å². The van der Waals surface area contributed by atoms with Crippen molar-refractivity contribution in [2.24, 2.45) is 11.7 Å². The summed E-state index contributed by atoms with van der Waals surface area (Å²) < 4.78 is 44.0. The van der Waals surface area contributed by atoms with Gasteiger partial charge in [-0.2, -0.15) is 13.2 Å². The molecule has 0 saturated carbocycles. The number of nitrogens with one attached hydrogen (secondary N) is 3. The van der Waals surface area contributed by atoms with E-state index in [1.807, 2.05) is 13.8 Å².